The van der Waals surface area contributed by atoms with Crippen molar-refractivity contribution in [3.05, 3.63) is 65.2 Å². The quantitative estimate of drug-likeness (QED) is 0.581. The van der Waals surface area contributed by atoms with E-state index in [0.29, 0.717) is 26.1 Å². The summed E-state index contributed by atoms with van der Waals surface area (Å²) < 4.78 is 5.51. The largest absolute Gasteiger partial charge is 0.493 e. The molecule has 1 atom stereocenters. The highest BCUT2D eigenvalue weighted by Gasteiger charge is 2.06. The molecule has 2 rings (SSSR count). The Labute approximate surface area is 138 Å². The highest BCUT2D eigenvalue weighted by atomic mass is 16.5. The summed E-state index contributed by atoms with van der Waals surface area (Å²) in [6, 6.07) is 15.8. The van der Waals surface area contributed by atoms with Gasteiger partial charge < -0.3 is 15.2 Å². The van der Waals surface area contributed by atoms with Gasteiger partial charge in [0.2, 0.25) is 0 Å². The molecule has 0 amide bonds. The van der Waals surface area contributed by atoms with Gasteiger partial charge in [-0.05, 0) is 30.2 Å². The Morgan fingerprint density at radius 1 is 1.13 bits per heavy atom. The van der Waals surface area contributed by atoms with Gasteiger partial charge in [0, 0.05) is 19.5 Å². The molecule has 0 radical (unpaired) electrons. The zero-order valence-electron chi connectivity index (χ0n) is 13.5. The van der Waals surface area contributed by atoms with E-state index in [1.54, 1.807) is 0 Å². The molecule has 0 aromatic heterocycles. The first-order chi connectivity index (χ1) is 11.2. The summed E-state index contributed by atoms with van der Waals surface area (Å²) in [5.74, 6) is 3.37. The molecule has 0 aliphatic heterocycles. The molecule has 3 nitrogen and oxygen atoms in total. The SMILES string of the molecule is C#CCCOc1ccc(CNCC(O)c2ccc(C)cc2)cc1. The first-order valence-electron chi connectivity index (χ1n) is 7.79. The second-order valence-electron chi connectivity index (χ2n) is 5.50. The minimum Gasteiger partial charge on any atom is -0.493 e. The van der Waals surface area contributed by atoms with Crippen molar-refractivity contribution < 1.29 is 9.84 Å². The zero-order chi connectivity index (χ0) is 16.5. The number of benzene rings is 2. The monoisotopic (exact) mass is 309 g/mol. The highest BCUT2D eigenvalue weighted by Crippen LogP contribution is 2.14. The molecule has 23 heavy (non-hydrogen) atoms. The van der Waals surface area contributed by atoms with Gasteiger partial charge in [0.25, 0.3) is 0 Å². The van der Waals surface area contributed by atoms with E-state index < -0.39 is 6.10 Å². The van der Waals surface area contributed by atoms with Gasteiger partial charge >= 0.3 is 0 Å². The number of aryl methyl sites for hydroxylation is 1. The van der Waals surface area contributed by atoms with E-state index in [1.165, 1.54) is 5.56 Å². The van der Waals surface area contributed by atoms with Crippen LogP contribution in [0, 0.1) is 19.3 Å². The number of hydrogen-bond donors (Lipinski definition) is 2. The molecule has 0 saturated carbocycles. The molecule has 0 saturated heterocycles. The van der Waals surface area contributed by atoms with Crippen molar-refractivity contribution in [3.8, 4) is 18.1 Å². The number of nitrogens with one attached hydrogen (secondary N) is 1. The van der Waals surface area contributed by atoms with Crippen molar-refractivity contribution in [2.75, 3.05) is 13.2 Å². The summed E-state index contributed by atoms with van der Waals surface area (Å²) >= 11 is 0. The third-order valence-electron chi connectivity index (χ3n) is 3.57. The van der Waals surface area contributed by atoms with Gasteiger partial charge in [0.1, 0.15) is 5.75 Å². The van der Waals surface area contributed by atoms with Gasteiger partial charge in [-0.2, -0.15) is 0 Å². The predicted molar refractivity (Wildman–Crippen MR) is 93.2 cm³/mol. The van der Waals surface area contributed by atoms with E-state index in [9.17, 15) is 5.11 Å². The standard InChI is InChI=1S/C20H23NO2/c1-3-4-13-23-19-11-7-17(8-12-19)14-21-15-20(22)18-9-5-16(2)6-10-18/h1,5-12,20-22H,4,13-15H2,2H3. The third-order valence-corrected chi connectivity index (χ3v) is 3.57. The van der Waals surface area contributed by atoms with E-state index in [4.69, 9.17) is 11.2 Å². The van der Waals surface area contributed by atoms with Crippen molar-refractivity contribution in [3.63, 3.8) is 0 Å². The van der Waals surface area contributed by atoms with E-state index in [2.05, 4.69) is 11.2 Å². The maximum absolute atomic E-state index is 10.2. The number of aliphatic hydroxyl groups is 1. The second kappa shape index (κ2) is 8.99. The number of aliphatic hydroxyl groups excluding tert-OH is 1. The lowest BCUT2D eigenvalue weighted by molar-refractivity contribution is 0.174. The Morgan fingerprint density at radius 2 is 1.83 bits per heavy atom. The molecular formula is C20H23NO2. The topological polar surface area (TPSA) is 41.5 Å². The molecule has 0 aliphatic carbocycles. The summed E-state index contributed by atoms with van der Waals surface area (Å²) in [6.45, 7) is 3.79. The maximum Gasteiger partial charge on any atom is 0.119 e. The molecule has 0 aliphatic rings. The first-order valence-corrected chi connectivity index (χ1v) is 7.79. The van der Waals surface area contributed by atoms with Crippen molar-refractivity contribution in [2.45, 2.75) is 26.0 Å². The summed E-state index contributed by atoms with van der Waals surface area (Å²) in [5.41, 5.74) is 3.27. The molecule has 2 N–H and O–H groups in total. The first kappa shape index (κ1) is 17.1. The fourth-order valence-corrected chi connectivity index (χ4v) is 2.19. The van der Waals surface area contributed by atoms with Crippen LogP contribution in [0.4, 0.5) is 0 Å². The molecule has 1 unspecified atom stereocenters. The van der Waals surface area contributed by atoms with Crippen LogP contribution in [0.5, 0.6) is 5.75 Å². The molecule has 0 fully saturated rings. The van der Waals surface area contributed by atoms with Crippen LogP contribution in [0.15, 0.2) is 48.5 Å². The van der Waals surface area contributed by atoms with Crippen LogP contribution in [-0.2, 0) is 6.54 Å². The third kappa shape index (κ3) is 5.78. The van der Waals surface area contributed by atoms with Gasteiger partial charge in [-0.3, -0.25) is 0 Å². The number of terminal acetylenes is 1. The Balaban J connectivity index is 1.75. The normalized spacial score (nSPS) is 11.7. The van der Waals surface area contributed by atoms with Crippen LogP contribution in [0.2, 0.25) is 0 Å². The van der Waals surface area contributed by atoms with Gasteiger partial charge in [0.15, 0.2) is 0 Å². The number of ether oxygens (including phenoxy) is 1. The second-order valence-corrected chi connectivity index (χ2v) is 5.50. The van der Waals surface area contributed by atoms with Gasteiger partial charge in [0.05, 0.1) is 12.7 Å². The van der Waals surface area contributed by atoms with Crippen LogP contribution in [0.1, 0.15) is 29.2 Å². The molecule has 2 aromatic rings. The molecular weight excluding hydrogens is 286 g/mol. The summed E-state index contributed by atoms with van der Waals surface area (Å²) in [4.78, 5) is 0. The molecule has 120 valence electrons. The zero-order valence-corrected chi connectivity index (χ0v) is 13.5. The summed E-state index contributed by atoms with van der Waals surface area (Å²) in [7, 11) is 0. The van der Waals surface area contributed by atoms with Gasteiger partial charge in [-0.15, -0.1) is 12.3 Å². The average Bonchev–Trinajstić information content (AvgIpc) is 2.57. The summed E-state index contributed by atoms with van der Waals surface area (Å²) in [6.07, 6.45) is 5.30. The van der Waals surface area contributed by atoms with Gasteiger partial charge in [-0.1, -0.05) is 42.0 Å². The molecule has 3 heteroatoms. The number of hydrogen-bond acceptors (Lipinski definition) is 3. The van der Waals surface area contributed by atoms with Crippen LogP contribution < -0.4 is 10.1 Å². The van der Waals surface area contributed by atoms with Crippen LogP contribution in [-0.4, -0.2) is 18.3 Å². The van der Waals surface area contributed by atoms with Gasteiger partial charge in [-0.25, -0.2) is 0 Å². The predicted octanol–water partition coefficient (Wildman–Crippen LogP) is 3.22. The lowest BCUT2D eigenvalue weighted by Gasteiger charge is -2.13. The van der Waals surface area contributed by atoms with E-state index in [1.807, 2.05) is 55.5 Å². The smallest absolute Gasteiger partial charge is 0.119 e. The van der Waals surface area contributed by atoms with Crippen molar-refractivity contribution in [2.24, 2.45) is 0 Å². The Morgan fingerprint density at radius 3 is 2.48 bits per heavy atom. The fourth-order valence-electron chi connectivity index (χ4n) is 2.19. The van der Waals surface area contributed by atoms with Crippen molar-refractivity contribution >= 4 is 0 Å². The minimum absolute atomic E-state index is 0.498. The van der Waals surface area contributed by atoms with Crippen LogP contribution in [0.3, 0.4) is 0 Å². The lowest BCUT2D eigenvalue weighted by Crippen LogP contribution is -2.21. The molecule has 0 bridgehead atoms. The molecule has 0 heterocycles. The molecule has 0 spiro atoms. The number of rotatable bonds is 8. The van der Waals surface area contributed by atoms with Crippen molar-refractivity contribution in [1.82, 2.24) is 5.32 Å². The Bertz CT molecular complexity index is 626. The Hall–Kier alpha value is -2.28. The molecule has 2 aromatic carbocycles. The minimum atomic E-state index is -0.498. The lowest BCUT2D eigenvalue weighted by atomic mass is 10.1. The van der Waals surface area contributed by atoms with Crippen LogP contribution >= 0.6 is 0 Å². The van der Waals surface area contributed by atoms with E-state index >= 15 is 0 Å². The summed E-state index contributed by atoms with van der Waals surface area (Å²) in [5, 5.41) is 13.4. The maximum atomic E-state index is 10.2. The van der Waals surface area contributed by atoms with Crippen LogP contribution in [0.25, 0.3) is 0 Å². The highest BCUT2D eigenvalue weighted by molar-refractivity contribution is 5.27. The average molecular weight is 309 g/mol. The fraction of sp³-hybridized carbons (Fsp3) is 0.300. The van der Waals surface area contributed by atoms with E-state index in [-0.39, 0.29) is 0 Å². The van der Waals surface area contributed by atoms with Crippen molar-refractivity contribution in [1.29, 1.82) is 0 Å². The van der Waals surface area contributed by atoms with E-state index in [0.717, 1.165) is 16.9 Å². The Kier molecular flexibility index (Phi) is 6.68.